The van der Waals surface area contributed by atoms with E-state index in [9.17, 15) is 9.59 Å². The van der Waals surface area contributed by atoms with E-state index >= 15 is 0 Å². The molecule has 2 aromatic carbocycles. The lowest BCUT2D eigenvalue weighted by Crippen LogP contribution is -2.13. The van der Waals surface area contributed by atoms with Gasteiger partial charge >= 0.3 is 11.5 Å². The van der Waals surface area contributed by atoms with Gasteiger partial charge in [-0.05, 0) is 0 Å². The molecule has 0 radical (unpaired) electrons. The first-order valence-corrected chi connectivity index (χ1v) is 11.4. The summed E-state index contributed by atoms with van der Waals surface area (Å²) in [6, 6.07) is 18.9. The monoisotopic (exact) mass is 474 g/mol. The van der Waals surface area contributed by atoms with Gasteiger partial charge < -0.3 is 5.11 Å². The SMILES string of the molecule is O=C(O)c1csc(N=Nc2c(-c3ccccc3)[nH]n(-c3nc(-c4ccccc4)cs3)c2=O)n1. The van der Waals surface area contributed by atoms with Gasteiger partial charge in [-0.25, -0.2) is 14.8 Å². The zero-order valence-corrected chi connectivity index (χ0v) is 18.4. The fourth-order valence-corrected chi connectivity index (χ4v) is 4.47. The Balaban J connectivity index is 1.58. The molecule has 0 bridgehead atoms. The minimum absolute atomic E-state index is 0.0738. The maximum atomic E-state index is 13.3. The molecule has 0 aliphatic rings. The molecule has 2 N–H and O–H groups in total. The average Bonchev–Trinajstić information content (AvgIpc) is 3.58. The first-order valence-electron chi connectivity index (χ1n) is 9.62. The number of carbonyl (C=O) groups is 1. The van der Waals surface area contributed by atoms with E-state index in [0.29, 0.717) is 10.8 Å². The van der Waals surface area contributed by atoms with Gasteiger partial charge in [0.2, 0.25) is 10.3 Å². The van der Waals surface area contributed by atoms with E-state index in [-0.39, 0.29) is 16.5 Å². The summed E-state index contributed by atoms with van der Waals surface area (Å²) >= 11 is 2.35. The minimum Gasteiger partial charge on any atom is -0.476 e. The van der Waals surface area contributed by atoms with Crippen molar-refractivity contribution in [1.29, 1.82) is 0 Å². The highest BCUT2D eigenvalue weighted by Crippen LogP contribution is 2.30. The molecule has 3 aromatic heterocycles. The van der Waals surface area contributed by atoms with E-state index in [1.165, 1.54) is 21.4 Å². The average molecular weight is 475 g/mol. The third-order valence-electron chi connectivity index (χ3n) is 4.63. The van der Waals surface area contributed by atoms with Crippen molar-refractivity contribution in [3.8, 4) is 27.6 Å². The van der Waals surface area contributed by atoms with Gasteiger partial charge in [-0.15, -0.1) is 32.9 Å². The molecule has 0 amide bonds. The van der Waals surface area contributed by atoms with Crippen molar-refractivity contribution in [1.82, 2.24) is 19.7 Å². The Morgan fingerprint density at radius 2 is 1.61 bits per heavy atom. The van der Waals surface area contributed by atoms with Crippen LogP contribution >= 0.6 is 22.7 Å². The Morgan fingerprint density at radius 3 is 2.27 bits per heavy atom. The first-order chi connectivity index (χ1) is 16.1. The lowest BCUT2D eigenvalue weighted by molar-refractivity contribution is 0.0691. The summed E-state index contributed by atoms with van der Waals surface area (Å²) in [4.78, 5) is 32.8. The Bertz CT molecular complexity index is 1520. The smallest absolute Gasteiger partial charge is 0.355 e. The topological polar surface area (TPSA) is 126 Å². The van der Waals surface area contributed by atoms with Crippen LogP contribution in [0.5, 0.6) is 0 Å². The predicted molar refractivity (Wildman–Crippen MR) is 126 cm³/mol. The number of H-pyrrole nitrogens is 1. The molecule has 5 aromatic rings. The molecule has 3 heterocycles. The van der Waals surface area contributed by atoms with E-state index in [4.69, 9.17) is 5.11 Å². The van der Waals surface area contributed by atoms with Crippen molar-refractivity contribution in [3.05, 3.63) is 87.5 Å². The summed E-state index contributed by atoms with van der Waals surface area (Å²) in [7, 11) is 0. The van der Waals surface area contributed by atoms with Crippen LogP contribution < -0.4 is 5.56 Å². The van der Waals surface area contributed by atoms with Crippen LogP contribution in [0.15, 0.2) is 86.4 Å². The minimum atomic E-state index is -1.15. The number of azo groups is 1. The van der Waals surface area contributed by atoms with E-state index in [0.717, 1.165) is 28.2 Å². The highest BCUT2D eigenvalue weighted by molar-refractivity contribution is 7.13. The molecular weight excluding hydrogens is 460 g/mol. The van der Waals surface area contributed by atoms with Gasteiger partial charge in [-0.1, -0.05) is 60.7 Å². The van der Waals surface area contributed by atoms with E-state index in [2.05, 4.69) is 25.3 Å². The molecule has 9 nitrogen and oxygen atoms in total. The van der Waals surface area contributed by atoms with Crippen molar-refractivity contribution in [2.45, 2.75) is 0 Å². The summed E-state index contributed by atoms with van der Waals surface area (Å²) < 4.78 is 1.33. The number of nitrogens with one attached hydrogen (secondary N) is 1. The van der Waals surface area contributed by atoms with Crippen molar-refractivity contribution in [3.63, 3.8) is 0 Å². The van der Waals surface area contributed by atoms with Crippen LogP contribution in [-0.2, 0) is 0 Å². The molecule has 0 saturated carbocycles. The van der Waals surface area contributed by atoms with Gasteiger partial charge in [-0.3, -0.25) is 9.89 Å². The van der Waals surface area contributed by atoms with Crippen LogP contribution in [0, 0.1) is 0 Å². The second-order valence-electron chi connectivity index (χ2n) is 6.74. The predicted octanol–water partition coefficient (Wildman–Crippen LogP) is 5.53. The molecule has 0 fully saturated rings. The number of rotatable bonds is 6. The number of hydrogen-bond donors (Lipinski definition) is 2. The molecule has 5 rings (SSSR count). The van der Waals surface area contributed by atoms with E-state index in [1.54, 1.807) is 0 Å². The maximum absolute atomic E-state index is 13.3. The van der Waals surface area contributed by atoms with Gasteiger partial charge in [0.25, 0.3) is 0 Å². The quantitative estimate of drug-likeness (QED) is 0.313. The fourth-order valence-electron chi connectivity index (χ4n) is 3.07. The Hall–Kier alpha value is -4.22. The number of nitrogens with zero attached hydrogens (tertiary/aromatic N) is 5. The van der Waals surface area contributed by atoms with E-state index < -0.39 is 11.5 Å². The van der Waals surface area contributed by atoms with Gasteiger partial charge in [0.1, 0.15) is 0 Å². The number of thiazole rings is 2. The molecule has 0 saturated heterocycles. The highest BCUT2D eigenvalue weighted by atomic mass is 32.1. The van der Waals surface area contributed by atoms with Crippen LogP contribution in [0.1, 0.15) is 10.5 Å². The standard InChI is InChI=1S/C22H14N6O3S2/c29-19-18(25-26-21-23-16(12-32-21)20(30)31)17(14-9-5-2-6-10-14)27-28(19)22-24-15(11-33-22)13-7-3-1-4-8-13/h1-12,27H,(H,30,31). The molecule has 0 unspecified atom stereocenters. The molecule has 11 heteroatoms. The van der Waals surface area contributed by atoms with Gasteiger partial charge in [0.15, 0.2) is 11.4 Å². The number of aromatic nitrogens is 4. The Kier molecular flexibility index (Phi) is 5.47. The van der Waals surface area contributed by atoms with Crippen molar-refractivity contribution in [2.75, 3.05) is 0 Å². The molecule has 162 valence electrons. The lowest BCUT2D eigenvalue weighted by atomic mass is 10.1. The Morgan fingerprint density at radius 1 is 0.909 bits per heavy atom. The number of aromatic amines is 1. The van der Waals surface area contributed by atoms with Crippen LogP contribution in [0.25, 0.3) is 27.6 Å². The number of carboxylic acids is 1. The number of benzene rings is 2. The summed E-state index contributed by atoms with van der Waals surface area (Å²) in [5.41, 5.74) is 2.43. The summed E-state index contributed by atoms with van der Waals surface area (Å²) in [5, 5.41) is 24.1. The van der Waals surface area contributed by atoms with Crippen molar-refractivity contribution in [2.24, 2.45) is 10.2 Å². The molecule has 0 atom stereocenters. The van der Waals surface area contributed by atoms with E-state index in [1.807, 2.05) is 66.0 Å². The molecule has 0 aliphatic heterocycles. The first kappa shape index (κ1) is 20.7. The second-order valence-corrected chi connectivity index (χ2v) is 8.42. The largest absolute Gasteiger partial charge is 0.476 e. The fraction of sp³-hybridized carbons (Fsp3) is 0. The normalized spacial score (nSPS) is 11.3. The van der Waals surface area contributed by atoms with Crippen LogP contribution in [0.2, 0.25) is 0 Å². The van der Waals surface area contributed by atoms with Gasteiger partial charge in [0.05, 0.1) is 11.4 Å². The second kappa shape index (κ2) is 8.73. The zero-order chi connectivity index (χ0) is 22.8. The summed E-state index contributed by atoms with van der Waals surface area (Å²) in [5.74, 6) is -1.15. The van der Waals surface area contributed by atoms with Crippen LogP contribution in [0.3, 0.4) is 0 Å². The van der Waals surface area contributed by atoms with Crippen LogP contribution in [0.4, 0.5) is 10.8 Å². The van der Waals surface area contributed by atoms with Gasteiger partial charge in [-0.2, -0.15) is 4.68 Å². The van der Waals surface area contributed by atoms with Crippen molar-refractivity contribution < 1.29 is 9.90 Å². The molecule has 0 aliphatic carbocycles. The summed E-state index contributed by atoms with van der Waals surface area (Å²) in [6.45, 7) is 0. The maximum Gasteiger partial charge on any atom is 0.355 e. The third kappa shape index (κ3) is 4.14. The number of carboxylic acid groups (broad SMARTS) is 1. The van der Waals surface area contributed by atoms with Crippen LogP contribution in [-0.4, -0.2) is 30.8 Å². The number of hydrogen-bond acceptors (Lipinski definition) is 8. The third-order valence-corrected chi connectivity index (χ3v) is 6.18. The highest BCUT2D eigenvalue weighted by Gasteiger charge is 2.19. The molecule has 33 heavy (non-hydrogen) atoms. The molecular formula is C22H14N6O3S2. The zero-order valence-electron chi connectivity index (χ0n) is 16.7. The summed E-state index contributed by atoms with van der Waals surface area (Å²) in [6.07, 6.45) is 0. The Labute approximate surface area is 194 Å². The number of aromatic carboxylic acids is 1. The lowest BCUT2D eigenvalue weighted by Gasteiger charge is -1.98. The molecule has 0 spiro atoms. The van der Waals surface area contributed by atoms with Crippen molar-refractivity contribution >= 4 is 39.5 Å². The van der Waals surface area contributed by atoms with Gasteiger partial charge in [0, 0.05) is 21.9 Å².